The van der Waals surface area contributed by atoms with Gasteiger partial charge in [0.15, 0.2) is 6.10 Å². The monoisotopic (exact) mass is 414 g/mol. The second kappa shape index (κ2) is 7.56. The van der Waals surface area contributed by atoms with E-state index in [-0.39, 0.29) is 11.8 Å². The highest BCUT2D eigenvalue weighted by Crippen LogP contribution is 2.48. The molecule has 3 atom stereocenters. The highest BCUT2D eigenvalue weighted by Gasteiger charge is 2.60. The minimum absolute atomic E-state index is 0.252. The first-order valence-corrected chi connectivity index (χ1v) is 10.2. The molecule has 6 heteroatoms. The number of imide groups is 1. The molecule has 0 unspecified atom stereocenters. The van der Waals surface area contributed by atoms with Crippen molar-refractivity contribution in [3.63, 3.8) is 0 Å². The van der Waals surface area contributed by atoms with Crippen molar-refractivity contribution in [3.8, 4) is 5.75 Å². The lowest BCUT2D eigenvalue weighted by atomic mass is 9.90. The van der Waals surface area contributed by atoms with Crippen molar-refractivity contribution in [2.24, 2.45) is 5.92 Å². The zero-order valence-electron chi connectivity index (χ0n) is 17.3. The molecule has 31 heavy (non-hydrogen) atoms. The Bertz CT molecular complexity index is 1130. The molecule has 3 aromatic carbocycles. The van der Waals surface area contributed by atoms with Crippen LogP contribution in [0.2, 0.25) is 0 Å². The molecular weight excluding hydrogens is 392 g/mol. The normalized spacial score (nSPS) is 22.7. The zero-order valence-corrected chi connectivity index (χ0v) is 17.3. The van der Waals surface area contributed by atoms with Gasteiger partial charge in [0.25, 0.3) is 5.91 Å². The number of ether oxygens (including phenoxy) is 1. The third kappa shape index (κ3) is 3.07. The molecule has 3 aromatic rings. The number of hydrogen-bond acceptors (Lipinski definition) is 5. The highest BCUT2D eigenvalue weighted by molar-refractivity contribution is 6.23. The summed E-state index contributed by atoms with van der Waals surface area (Å²) in [4.78, 5) is 34.3. The van der Waals surface area contributed by atoms with Gasteiger partial charge >= 0.3 is 0 Å². The number of hydrogen-bond donors (Lipinski definition) is 0. The third-order valence-electron chi connectivity index (χ3n) is 5.94. The van der Waals surface area contributed by atoms with Crippen molar-refractivity contribution in [1.29, 1.82) is 0 Å². The summed E-state index contributed by atoms with van der Waals surface area (Å²) in [5.41, 5.74) is 3.28. The fourth-order valence-corrected chi connectivity index (χ4v) is 4.41. The van der Waals surface area contributed by atoms with E-state index >= 15 is 0 Å². The van der Waals surface area contributed by atoms with Crippen molar-refractivity contribution in [3.05, 3.63) is 90.0 Å². The van der Waals surface area contributed by atoms with E-state index in [1.54, 1.807) is 24.3 Å². The standard InChI is InChI=1S/C25H22N2O4/c1-16-8-6-7-11-20(16)27-22(17-12-14-19(30-2)15-13-17)21-23(31-27)25(29)26(24(21)28)18-9-4-3-5-10-18/h3-15,21-23H,1-2H3/t21-,22-,23+/m1/s1. The summed E-state index contributed by atoms with van der Waals surface area (Å²) in [5, 5.41) is 1.73. The number of carbonyl (C=O) groups excluding carboxylic acids is 2. The Morgan fingerprint density at radius 3 is 2.19 bits per heavy atom. The summed E-state index contributed by atoms with van der Waals surface area (Å²) in [7, 11) is 1.61. The van der Waals surface area contributed by atoms with Crippen molar-refractivity contribution >= 4 is 23.2 Å². The maximum Gasteiger partial charge on any atom is 0.266 e. The quantitative estimate of drug-likeness (QED) is 0.603. The van der Waals surface area contributed by atoms with Gasteiger partial charge in [-0.1, -0.05) is 48.5 Å². The average molecular weight is 414 g/mol. The van der Waals surface area contributed by atoms with Gasteiger partial charge in [-0.25, -0.2) is 9.96 Å². The molecule has 2 aliphatic rings. The van der Waals surface area contributed by atoms with E-state index in [4.69, 9.17) is 9.57 Å². The van der Waals surface area contributed by atoms with Gasteiger partial charge in [-0.15, -0.1) is 0 Å². The minimum Gasteiger partial charge on any atom is -0.497 e. The second-order valence-corrected chi connectivity index (χ2v) is 7.73. The number of para-hydroxylation sites is 2. The number of aryl methyl sites for hydroxylation is 1. The van der Waals surface area contributed by atoms with E-state index in [0.29, 0.717) is 5.69 Å². The summed E-state index contributed by atoms with van der Waals surface area (Å²) in [5.74, 6) is -0.518. The molecule has 2 amide bonds. The van der Waals surface area contributed by atoms with Crippen LogP contribution in [0.25, 0.3) is 0 Å². The minimum atomic E-state index is -0.876. The number of fused-ring (bicyclic) bond motifs is 1. The third-order valence-corrected chi connectivity index (χ3v) is 5.94. The number of nitrogens with zero attached hydrogens (tertiary/aromatic N) is 2. The lowest BCUT2D eigenvalue weighted by Gasteiger charge is -2.29. The Balaban J connectivity index is 1.60. The van der Waals surface area contributed by atoms with Crippen LogP contribution in [0.4, 0.5) is 11.4 Å². The lowest BCUT2D eigenvalue weighted by Crippen LogP contribution is -2.37. The number of anilines is 2. The summed E-state index contributed by atoms with van der Waals surface area (Å²) in [6, 6.07) is 23.9. The Kier molecular flexibility index (Phi) is 4.71. The Morgan fingerprint density at radius 2 is 1.52 bits per heavy atom. The van der Waals surface area contributed by atoms with Crippen LogP contribution in [-0.2, 0) is 14.4 Å². The summed E-state index contributed by atoms with van der Waals surface area (Å²) < 4.78 is 5.29. The zero-order chi connectivity index (χ0) is 21.5. The highest BCUT2D eigenvalue weighted by atomic mass is 16.7. The van der Waals surface area contributed by atoms with Crippen LogP contribution in [0.15, 0.2) is 78.9 Å². The van der Waals surface area contributed by atoms with Gasteiger partial charge in [0.2, 0.25) is 5.91 Å². The van der Waals surface area contributed by atoms with Crippen LogP contribution in [-0.4, -0.2) is 25.0 Å². The van der Waals surface area contributed by atoms with E-state index in [1.807, 2.05) is 73.7 Å². The summed E-state index contributed by atoms with van der Waals surface area (Å²) in [6.07, 6.45) is -0.876. The average Bonchev–Trinajstić information content (AvgIpc) is 3.30. The van der Waals surface area contributed by atoms with E-state index in [0.717, 1.165) is 22.6 Å². The number of amides is 2. The molecule has 2 heterocycles. The molecule has 0 aliphatic carbocycles. The first-order valence-electron chi connectivity index (χ1n) is 10.2. The van der Waals surface area contributed by atoms with Gasteiger partial charge in [-0.2, -0.15) is 0 Å². The van der Waals surface area contributed by atoms with E-state index in [2.05, 4.69) is 0 Å². The van der Waals surface area contributed by atoms with Gasteiger partial charge in [-0.05, 0) is 48.4 Å². The van der Waals surface area contributed by atoms with Crippen molar-refractivity contribution in [2.45, 2.75) is 19.1 Å². The predicted octanol–water partition coefficient (Wildman–Crippen LogP) is 4.05. The molecule has 6 nitrogen and oxygen atoms in total. The molecule has 0 saturated carbocycles. The number of methoxy groups -OCH3 is 1. The smallest absolute Gasteiger partial charge is 0.266 e. The molecule has 0 radical (unpaired) electrons. The molecule has 156 valence electrons. The molecule has 0 N–H and O–H groups in total. The van der Waals surface area contributed by atoms with E-state index in [1.165, 1.54) is 4.90 Å². The Hall–Kier alpha value is -3.64. The SMILES string of the molecule is COc1ccc([C@@H]2[C@H]3C(=O)N(c4ccccc4)C(=O)[C@H]3ON2c2ccccc2C)cc1. The van der Waals surface area contributed by atoms with Crippen molar-refractivity contribution in [1.82, 2.24) is 0 Å². The van der Waals surface area contributed by atoms with E-state index in [9.17, 15) is 9.59 Å². The van der Waals surface area contributed by atoms with Gasteiger partial charge < -0.3 is 4.74 Å². The molecule has 0 spiro atoms. The van der Waals surface area contributed by atoms with Gasteiger partial charge in [-0.3, -0.25) is 14.4 Å². The molecule has 2 aliphatic heterocycles. The molecule has 2 fully saturated rings. The summed E-state index contributed by atoms with van der Waals surface area (Å²) >= 11 is 0. The Labute approximate surface area is 180 Å². The number of benzene rings is 3. The first kappa shape index (κ1) is 19.3. The number of rotatable bonds is 4. The molecular formula is C25H22N2O4. The van der Waals surface area contributed by atoms with Crippen molar-refractivity contribution < 1.29 is 19.2 Å². The van der Waals surface area contributed by atoms with Crippen LogP contribution in [0.1, 0.15) is 17.2 Å². The van der Waals surface area contributed by atoms with Crippen molar-refractivity contribution in [2.75, 3.05) is 17.1 Å². The molecule has 2 saturated heterocycles. The molecule has 5 rings (SSSR count). The fraction of sp³-hybridized carbons (Fsp3) is 0.200. The van der Waals surface area contributed by atoms with Crippen LogP contribution in [0.3, 0.4) is 0 Å². The summed E-state index contributed by atoms with van der Waals surface area (Å²) in [6.45, 7) is 1.98. The van der Waals surface area contributed by atoms with Crippen LogP contribution < -0.4 is 14.7 Å². The van der Waals surface area contributed by atoms with Crippen LogP contribution in [0, 0.1) is 12.8 Å². The lowest BCUT2D eigenvalue weighted by molar-refractivity contribution is -0.126. The first-order chi connectivity index (χ1) is 15.1. The largest absolute Gasteiger partial charge is 0.497 e. The number of hydroxylamine groups is 1. The fourth-order valence-electron chi connectivity index (χ4n) is 4.41. The van der Waals surface area contributed by atoms with Gasteiger partial charge in [0, 0.05) is 0 Å². The predicted molar refractivity (Wildman–Crippen MR) is 117 cm³/mol. The van der Waals surface area contributed by atoms with Crippen LogP contribution in [0.5, 0.6) is 5.75 Å². The molecule has 0 aromatic heterocycles. The van der Waals surface area contributed by atoms with Gasteiger partial charge in [0.05, 0.1) is 24.5 Å². The maximum atomic E-state index is 13.5. The second-order valence-electron chi connectivity index (χ2n) is 7.73. The maximum absolute atomic E-state index is 13.5. The number of carbonyl (C=O) groups is 2. The van der Waals surface area contributed by atoms with Crippen LogP contribution >= 0.6 is 0 Å². The van der Waals surface area contributed by atoms with E-state index < -0.39 is 18.1 Å². The van der Waals surface area contributed by atoms with Gasteiger partial charge in [0.1, 0.15) is 11.7 Å². The topological polar surface area (TPSA) is 59.1 Å². The Morgan fingerprint density at radius 1 is 0.839 bits per heavy atom. The molecule has 0 bridgehead atoms.